The number of hydrogen-bond acceptors (Lipinski definition) is 4. The Morgan fingerprint density at radius 3 is 2.48 bits per heavy atom. The molecule has 2 N–H and O–H groups in total. The SMILES string of the molecule is Nc1ccc(SCCSc2cccc(C(F)(F)F)c2)nc1. The number of alkyl halides is 3. The van der Waals surface area contributed by atoms with Crippen molar-refractivity contribution in [2.75, 3.05) is 17.2 Å². The van der Waals surface area contributed by atoms with Gasteiger partial charge >= 0.3 is 6.18 Å². The number of pyridine rings is 1. The average Bonchev–Trinajstić information content (AvgIpc) is 2.45. The third-order valence-corrected chi connectivity index (χ3v) is 4.72. The Morgan fingerprint density at radius 2 is 1.81 bits per heavy atom. The Morgan fingerprint density at radius 1 is 1.05 bits per heavy atom. The Bertz CT molecular complexity index is 586. The Labute approximate surface area is 129 Å². The molecule has 21 heavy (non-hydrogen) atoms. The fourth-order valence-electron chi connectivity index (χ4n) is 1.55. The van der Waals surface area contributed by atoms with Crippen LogP contribution in [0.3, 0.4) is 0 Å². The number of benzene rings is 1. The van der Waals surface area contributed by atoms with Gasteiger partial charge in [-0.3, -0.25) is 0 Å². The summed E-state index contributed by atoms with van der Waals surface area (Å²) in [7, 11) is 0. The smallest absolute Gasteiger partial charge is 0.397 e. The molecule has 0 aliphatic heterocycles. The topological polar surface area (TPSA) is 38.9 Å². The lowest BCUT2D eigenvalue weighted by atomic mass is 10.2. The van der Waals surface area contributed by atoms with Gasteiger partial charge in [0, 0.05) is 16.4 Å². The summed E-state index contributed by atoms with van der Waals surface area (Å²) in [6, 6.07) is 8.98. The summed E-state index contributed by atoms with van der Waals surface area (Å²) in [6.07, 6.45) is -2.71. The molecule has 2 rings (SSSR count). The normalized spacial score (nSPS) is 11.6. The molecule has 0 aliphatic carbocycles. The Balaban J connectivity index is 1.82. The van der Waals surface area contributed by atoms with E-state index in [0.717, 1.165) is 16.8 Å². The fraction of sp³-hybridized carbons (Fsp3) is 0.214. The van der Waals surface area contributed by atoms with Gasteiger partial charge in [0.05, 0.1) is 22.5 Å². The first-order chi connectivity index (χ1) is 9.95. The van der Waals surface area contributed by atoms with Gasteiger partial charge in [-0.25, -0.2) is 4.98 Å². The quantitative estimate of drug-likeness (QED) is 0.644. The molecule has 0 bridgehead atoms. The van der Waals surface area contributed by atoms with Gasteiger partial charge in [0.1, 0.15) is 0 Å². The first kappa shape index (κ1) is 16.0. The molecule has 1 aromatic carbocycles. The van der Waals surface area contributed by atoms with Crippen molar-refractivity contribution in [3.63, 3.8) is 0 Å². The molecule has 0 aliphatic rings. The van der Waals surface area contributed by atoms with Crippen molar-refractivity contribution in [1.29, 1.82) is 0 Å². The summed E-state index contributed by atoms with van der Waals surface area (Å²) in [5, 5.41) is 0.855. The number of hydrogen-bond donors (Lipinski definition) is 1. The molecule has 0 saturated carbocycles. The number of nitrogens with two attached hydrogens (primary N) is 1. The van der Waals surface area contributed by atoms with Crippen LogP contribution < -0.4 is 5.73 Å². The first-order valence-corrected chi connectivity index (χ1v) is 8.06. The highest BCUT2D eigenvalue weighted by atomic mass is 32.2. The van der Waals surface area contributed by atoms with Gasteiger partial charge in [0.2, 0.25) is 0 Å². The van der Waals surface area contributed by atoms with Gasteiger partial charge in [-0.15, -0.1) is 23.5 Å². The maximum absolute atomic E-state index is 12.6. The van der Waals surface area contributed by atoms with Crippen molar-refractivity contribution in [2.24, 2.45) is 0 Å². The average molecular weight is 330 g/mol. The standard InChI is InChI=1S/C14H13F3N2S2/c15-14(16,17)10-2-1-3-12(8-10)20-6-7-21-13-5-4-11(18)9-19-13/h1-5,8-9H,6-7,18H2. The fourth-order valence-corrected chi connectivity index (χ4v) is 3.33. The van der Waals surface area contributed by atoms with E-state index >= 15 is 0 Å². The molecular formula is C14H13F3N2S2. The lowest BCUT2D eigenvalue weighted by Crippen LogP contribution is -2.04. The van der Waals surface area contributed by atoms with Crippen molar-refractivity contribution in [2.45, 2.75) is 16.1 Å². The van der Waals surface area contributed by atoms with Crippen LogP contribution >= 0.6 is 23.5 Å². The van der Waals surface area contributed by atoms with Crippen LogP contribution in [0.1, 0.15) is 5.56 Å². The first-order valence-electron chi connectivity index (χ1n) is 6.09. The number of nitrogens with zero attached hydrogens (tertiary/aromatic N) is 1. The molecule has 0 fully saturated rings. The van der Waals surface area contributed by atoms with Crippen molar-refractivity contribution >= 4 is 29.2 Å². The summed E-state index contributed by atoms with van der Waals surface area (Å²) >= 11 is 2.95. The molecule has 0 amide bonds. The van der Waals surface area contributed by atoms with E-state index in [0.29, 0.717) is 16.3 Å². The molecule has 1 heterocycles. The van der Waals surface area contributed by atoms with Gasteiger partial charge in [-0.05, 0) is 30.3 Å². The summed E-state index contributed by atoms with van der Waals surface area (Å²) in [4.78, 5) is 4.77. The summed E-state index contributed by atoms with van der Waals surface area (Å²) in [5.41, 5.74) is 5.54. The van der Waals surface area contributed by atoms with E-state index in [1.54, 1.807) is 30.1 Å². The van der Waals surface area contributed by atoms with E-state index in [4.69, 9.17) is 5.73 Å². The minimum absolute atomic E-state index is 0.609. The van der Waals surface area contributed by atoms with Crippen molar-refractivity contribution in [3.8, 4) is 0 Å². The molecular weight excluding hydrogens is 317 g/mol. The van der Waals surface area contributed by atoms with Gasteiger partial charge < -0.3 is 5.73 Å². The summed E-state index contributed by atoms with van der Waals surface area (Å²) in [6.45, 7) is 0. The van der Waals surface area contributed by atoms with Gasteiger partial charge in [-0.2, -0.15) is 13.2 Å². The zero-order chi connectivity index (χ0) is 15.3. The van der Waals surface area contributed by atoms with E-state index in [9.17, 15) is 13.2 Å². The minimum atomic E-state index is -4.29. The minimum Gasteiger partial charge on any atom is -0.397 e. The van der Waals surface area contributed by atoms with Crippen LogP contribution in [0.4, 0.5) is 18.9 Å². The maximum Gasteiger partial charge on any atom is 0.416 e. The Kier molecular flexibility index (Phi) is 5.41. The van der Waals surface area contributed by atoms with Crippen LogP contribution in [0, 0.1) is 0 Å². The Hall–Kier alpha value is -1.34. The molecule has 0 unspecified atom stereocenters. The predicted molar refractivity (Wildman–Crippen MR) is 81.5 cm³/mol. The summed E-state index contributed by atoms with van der Waals surface area (Å²) in [5.74, 6) is 1.47. The zero-order valence-electron chi connectivity index (χ0n) is 10.9. The third kappa shape index (κ3) is 5.17. The number of thioether (sulfide) groups is 2. The molecule has 0 radical (unpaired) electrons. The van der Waals surface area contributed by atoms with Gasteiger partial charge in [-0.1, -0.05) is 6.07 Å². The van der Waals surface area contributed by atoms with Crippen molar-refractivity contribution in [3.05, 3.63) is 48.2 Å². The highest BCUT2D eigenvalue weighted by Crippen LogP contribution is 2.32. The van der Waals surface area contributed by atoms with Crippen LogP contribution in [0.15, 0.2) is 52.5 Å². The molecule has 2 aromatic rings. The monoisotopic (exact) mass is 330 g/mol. The molecule has 112 valence electrons. The highest BCUT2D eigenvalue weighted by molar-refractivity contribution is 8.02. The van der Waals surface area contributed by atoms with Crippen molar-refractivity contribution in [1.82, 2.24) is 4.98 Å². The number of aromatic nitrogens is 1. The second-order valence-electron chi connectivity index (χ2n) is 4.15. The second-order valence-corrected chi connectivity index (χ2v) is 6.44. The number of halogens is 3. The van der Waals surface area contributed by atoms with Crippen LogP contribution in [0.2, 0.25) is 0 Å². The van der Waals surface area contributed by atoms with Crippen LogP contribution in [-0.4, -0.2) is 16.5 Å². The predicted octanol–water partition coefficient (Wildman–Crippen LogP) is 4.57. The molecule has 0 spiro atoms. The van der Waals surface area contributed by atoms with Crippen molar-refractivity contribution < 1.29 is 13.2 Å². The van der Waals surface area contributed by atoms with E-state index in [1.165, 1.54) is 23.9 Å². The maximum atomic E-state index is 12.6. The van der Waals surface area contributed by atoms with E-state index in [1.807, 2.05) is 6.07 Å². The highest BCUT2D eigenvalue weighted by Gasteiger charge is 2.30. The molecule has 2 nitrogen and oxygen atoms in total. The van der Waals surface area contributed by atoms with E-state index < -0.39 is 11.7 Å². The third-order valence-electron chi connectivity index (χ3n) is 2.52. The lowest BCUT2D eigenvalue weighted by Gasteiger charge is -2.08. The number of rotatable bonds is 5. The van der Waals surface area contributed by atoms with Gasteiger partial charge in [0.15, 0.2) is 0 Å². The largest absolute Gasteiger partial charge is 0.416 e. The molecule has 0 atom stereocenters. The van der Waals surface area contributed by atoms with E-state index in [-0.39, 0.29) is 0 Å². The van der Waals surface area contributed by atoms with Crippen LogP contribution in [0.25, 0.3) is 0 Å². The zero-order valence-corrected chi connectivity index (χ0v) is 12.6. The number of nitrogen functional groups attached to an aromatic ring is 1. The molecule has 7 heteroatoms. The number of anilines is 1. The molecule has 1 aromatic heterocycles. The van der Waals surface area contributed by atoms with Crippen LogP contribution in [0.5, 0.6) is 0 Å². The summed E-state index contributed by atoms with van der Waals surface area (Å²) < 4.78 is 37.7. The van der Waals surface area contributed by atoms with Crippen LogP contribution in [-0.2, 0) is 6.18 Å². The lowest BCUT2D eigenvalue weighted by molar-refractivity contribution is -0.137. The van der Waals surface area contributed by atoms with E-state index in [2.05, 4.69) is 4.98 Å². The molecule has 0 saturated heterocycles. The second kappa shape index (κ2) is 7.09. The van der Waals surface area contributed by atoms with Gasteiger partial charge in [0.25, 0.3) is 0 Å².